The van der Waals surface area contributed by atoms with Crippen LogP contribution in [0.15, 0.2) is 47.6 Å². The first-order valence-corrected chi connectivity index (χ1v) is 7.07. The molecule has 0 aliphatic heterocycles. The van der Waals surface area contributed by atoms with Gasteiger partial charge in [-0.2, -0.15) is 0 Å². The van der Waals surface area contributed by atoms with Gasteiger partial charge in [0.1, 0.15) is 11.2 Å². The van der Waals surface area contributed by atoms with Crippen LogP contribution in [-0.2, 0) is 5.75 Å². The Balaban J connectivity index is 2.03. The Morgan fingerprint density at radius 1 is 1.40 bits per heavy atom. The third kappa shape index (κ3) is 3.75. The molecule has 0 fully saturated rings. The molecule has 0 aliphatic rings. The molecular weight excluding hydrogens is 294 g/mol. The molecule has 0 bridgehead atoms. The molecule has 0 aliphatic carbocycles. The Bertz CT molecular complexity index is 644. The van der Waals surface area contributed by atoms with Crippen molar-refractivity contribution in [2.24, 2.45) is 5.73 Å². The highest BCUT2D eigenvalue weighted by atomic mass is 32.2. The summed E-state index contributed by atoms with van der Waals surface area (Å²) in [5, 5.41) is 11.3. The summed E-state index contributed by atoms with van der Waals surface area (Å²) in [5.74, 6) is 0.696. The fourth-order valence-electron chi connectivity index (χ4n) is 1.54. The minimum absolute atomic E-state index is 0.00942. The third-order valence-electron chi connectivity index (χ3n) is 2.53. The molecule has 0 atom stereocenters. The molecule has 0 saturated heterocycles. The number of pyridine rings is 1. The fraction of sp³-hybridized carbons (Fsp3) is 0.0769. The van der Waals surface area contributed by atoms with Crippen molar-refractivity contribution < 1.29 is 4.92 Å². The van der Waals surface area contributed by atoms with Gasteiger partial charge in [0.15, 0.2) is 0 Å². The highest BCUT2D eigenvalue weighted by molar-refractivity contribution is 7.98. The van der Waals surface area contributed by atoms with Crippen LogP contribution in [0.1, 0.15) is 11.1 Å². The zero-order valence-electron chi connectivity index (χ0n) is 10.4. The van der Waals surface area contributed by atoms with E-state index in [0.717, 1.165) is 16.2 Å². The van der Waals surface area contributed by atoms with Gasteiger partial charge in [0.2, 0.25) is 0 Å². The van der Waals surface area contributed by atoms with E-state index in [0.29, 0.717) is 10.7 Å². The number of thioether (sulfide) groups is 1. The molecule has 0 unspecified atom stereocenters. The Hall–Kier alpha value is -1.99. The van der Waals surface area contributed by atoms with Gasteiger partial charge in [-0.15, -0.1) is 11.8 Å². The van der Waals surface area contributed by atoms with Gasteiger partial charge in [0.05, 0.1) is 9.95 Å². The number of rotatable bonds is 5. The minimum atomic E-state index is -0.465. The van der Waals surface area contributed by atoms with Gasteiger partial charge in [-0.25, -0.2) is 4.98 Å². The average molecular weight is 305 g/mol. The first kappa shape index (κ1) is 14.4. The highest BCUT2D eigenvalue weighted by Crippen LogP contribution is 2.22. The fourth-order valence-corrected chi connectivity index (χ4v) is 2.45. The number of thiocarbonyl (C=S) groups is 1. The summed E-state index contributed by atoms with van der Waals surface area (Å²) in [6.45, 7) is 0. The summed E-state index contributed by atoms with van der Waals surface area (Å²) in [6.07, 6.45) is 1.26. The van der Waals surface area contributed by atoms with Crippen LogP contribution in [0.5, 0.6) is 0 Å². The number of hydrogen-bond donors (Lipinski definition) is 1. The molecule has 2 aromatic rings. The average Bonchev–Trinajstić information content (AvgIpc) is 2.46. The van der Waals surface area contributed by atoms with E-state index < -0.39 is 4.92 Å². The van der Waals surface area contributed by atoms with E-state index in [1.54, 1.807) is 6.07 Å². The summed E-state index contributed by atoms with van der Waals surface area (Å²) < 4.78 is 0. The normalized spacial score (nSPS) is 10.2. The molecule has 0 radical (unpaired) electrons. The van der Waals surface area contributed by atoms with Gasteiger partial charge in [-0.1, -0.05) is 30.4 Å². The number of nitrogens with zero attached hydrogens (tertiary/aromatic N) is 2. The number of aromatic nitrogens is 1. The summed E-state index contributed by atoms with van der Waals surface area (Å²) in [6, 6.07) is 10.7. The van der Waals surface area contributed by atoms with E-state index in [1.807, 2.05) is 24.3 Å². The molecule has 5 nitrogen and oxygen atoms in total. The van der Waals surface area contributed by atoms with E-state index in [9.17, 15) is 10.1 Å². The number of nitro groups is 1. The summed E-state index contributed by atoms with van der Waals surface area (Å²) in [7, 11) is 0. The largest absolute Gasteiger partial charge is 0.389 e. The van der Waals surface area contributed by atoms with Crippen molar-refractivity contribution in [1.82, 2.24) is 4.98 Å². The standard InChI is InChI=1S/C13H11N3O2S2/c14-13(19)10-3-1-2-9(6-10)8-20-12-5-4-11(7-15-12)16(17)18/h1-7H,8H2,(H2,14,19). The Morgan fingerprint density at radius 3 is 2.80 bits per heavy atom. The van der Waals surface area contributed by atoms with Crippen molar-refractivity contribution in [3.63, 3.8) is 0 Å². The molecule has 2 N–H and O–H groups in total. The molecule has 1 heterocycles. The van der Waals surface area contributed by atoms with Crippen molar-refractivity contribution in [3.05, 3.63) is 63.8 Å². The molecule has 102 valence electrons. The highest BCUT2D eigenvalue weighted by Gasteiger charge is 2.06. The van der Waals surface area contributed by atoms with Crippen molar-refractivity contribution in [2.75, 3.05) is 0 Å². The van der Waals surface area contributed by atoms with Crippen LogP contribution in [0.2, 0.25) is 0 Å². The number of nitrogens with two attached hydrogens (primary N) is 1. The lowest BCUT2D eigenvalue weighted by Crippen LogP contribution is -2.09. The van der Waals surface area contributed by atoms with Crippen LogP contribution in [0.3, 0.4) is 0 Å². The smallest absolute Gasteiger partial charge is 0.287 e. The Morgan fingerprint density at radius 2 is 2.20 bits per heavy atom. The maximum atomic E-state index is 10.5. The predicted octanol–water partition coefficient (Wildman–Crippen LogP) is 2.92. The molecule has 0 saturated carbocycles. The van der Waals surface area contributed by atoms with E-state index in [2.05, 4.69) is 4.98 Å². The van der Waals surface area contributed by atoms with Crippen LogP contribution >= 0.6 is 24.0 Å². The minimum Gasteiger partial charge on any atom is -0.389 e. The summed E-state index contributed by atoms with van der Waals surface area (Å²) in [5.41, 5.74) is 7.47. The monoisotopic (exact) mass is 305 g/mol. The third-order valence-corrected chi connectivity index (χ3v) is 3.78. The van der Waals surface area contributed by atoms with E-state index in [1.165, 1.54) is 24.0 Å². The molecule has 0 amide bonds. The van der Waals surface area contributed by atoms with E-state index in [-0.39, 0.29) is 5.69 Å². The van der Waals surface area contributed by atoms with Gasteiger partial charge in [0, 0.05) is 17.4 Å². The van der Waals surface area contributed by atoms with Gasteiger partial charge >= 0.3 is 0 Å². The van der Waals surface area contributed by atoms with Gasteiger partial charge in [-0.3, -0.25) is 10.1 Å². The van der Waals surface area contributed by atoms with Gasteiger partial charge in [-0.05, 0) is 17.7 Å². The Kier molecular flexibility index (Phi) is 4.65. The van der Waals surface area contributed by atoms with Gasteiger partial charge in [0.25, 0.3) is 5.69 Å². The second kappa shape index (κ2) is 6.44. The van der Waals surface area contributed by atoms with Crippen molar-refractivity contribution in [3.8, 4) is 0 Å². The second-order valence-corrected chi connectivity index (χ2v) is 5.40. The van der Waals surface area contributed by atoms with E-state index in [4.69, 9.17) is 18.0 Å². The first-order chi connectivity index (χ1) is 9.56. The number of benzene rings is 1. The molecule has 20 heavy (non-hydrogen) atoms. The maximum absolute atomic E-state index is 10.5. The first-order valence-electron chi connectivity index (χ1n) is 5.68. The summed E-state index contributed by atoms with van der Waals surface area (Å²) >= 11 is 6.43. The second-order valence-electron chi connectivity index (χ2n) is 3.97. The molecule has 7 heteroatoms. The maximum Gasteiger partial charge on any atom is 0.287 e. The van der Waals surface area contributed by atoms with Crippen LogP contribution < -0.4 is 5.73 Å². The van der Waals surface area contributed by atoms with Crippen LogP contribution in [0.4, 0.5) is 5.69 Å². The molecular formula is C13H11N3O2S2. The van der Waals surface area contributed by atoms with Crippen molar-refractivity contribution >= 4 is 34.7 Å². The van der Waals surface area contributed by atoms with Crippen molar-refractivity contribution in [1.29, 1.82) is 0 Å². The van der Waals surface area contributed by atoms with Crippen LogP contribution in [0.25, 0.3) is 0 Å². The van der Waals surface area contributed by atoms with Crippen molar-refractivity contribution in [2.45, 2.75) is 10.8 Å². The van der Waals surface area contributed by atoms with Crippen LogP contribution in [0, 0.1) is 10.1 Å². The number of hydrogen-bond acceptors (Lipinski definition) is 5. The van der Waals surface area contributed by atoms with E-state index >= 15 is 0 Å². The van der Waals surface area contributed by atoms with Gasteiger partial charge < -0.3 is 5.73 Å². The lowest BCUT2D eigenvalue weighted by atomic mass is 10.1. The lowest BCUT2D eigenvalue weighted by Gasteiger charge is -2.04. The molecule has 1 aromatic carbocycles. The SMILES string of the molecule is NC(=S)c1cccc(CSc2ccc([N+](=O)[O-])cn2)c1. The predicted molar refractivity (Wildman–Crippen MR) is 82.8 cm³/mol. The van der Waals surface area contributed by atoms with Crippen LogP contribution in [-0.4, -0.2) is 14.9 Å². The molecule has 2 rings (SSSR count). The zero-order chi connectivity index (χ0) is 14.5. The topological polar surface area (TPSA) is 82.0 Å². The zero-order valence-corrected chi connectivity index (χ0v) is 12.0. The molecule has 1 aromatic heterocycles. The molecule has 0 spiro atoms. The summed E-state index contributed by atoms with van der Waals surface area (Å²) in [4.78, 5) is 14.5. The lowest BCUT2D eigenvalue weighted by molar-refractivity contribution is -0.385. The quantitative estimate of drug-likeness (QED) is 0.396. The Labute approximate surface area is 125 Å².